The summed E-state index contributed by atoms with van der Waals surface area (Å²) >= 11 is 4.41. The van der Waals surface area contributed by atoms with Gasteiger partial charge in [0, 0.05) is 0 Å². The molecule has 140 valence electrons. The Morgan fingerprint density at radius 1 is 1.07 bits per heavy atom. The first-order valence-electron chi connectivity index (χ1n) is 8.62. The van der Waals surface area contributed by atoms with E-state index in [1.807, 2.05) is 60.7 Å². The van der Waals surface area contributed by atoms with E-state index in [-0.39, 0.29) is 17.7 Å². The van der Waals surface area contributed by atoms with Crippen LogP contribution in [-0.2, 0) is 11.3 Å². The number of benzene rings is 3. The highest BCUT2D eigenvalue weighted by Crippen LogP contribution is 2.35. The lowest BCUT2D eigenvalue weighted by atomic mass is 10.0. The second-order valence-electron chi connectivity index (χ2n) is 6.30. The van der Waals surface area contributed by atoms with Gasteiger partial charge in [-0.2, -0.15) is 0 Å². The number of carbonyl (C=O) groups is 2. The number of rotatable bonds is 4. The normalized spacial score (nSPS) is 15.6. The number of halogens is 1. The predicted octanol–water partition coefficient (Wildman–Crippen LogP) is 5.85. The van der Waals surface area contributed by atoms with E-state index in [2.05, 4.69) is 15.9 Å². The third-order valence-corrected chi connectivity index (χ3v) is 6.08. The summed E-state index contributed by atoms with van der Waals surface area (Å²) in [5.74, 6) is 0.441. The Bertz CT molecular complexity index is 1120. The van der Waals surface area contributed by atoms with Crippen molar-refractivity contribution < 1.29 is 14.3 Å². The van der Waals surface area contributed by atoms with E-state index in [1.165, 1.54) is 4.90 Å². The van der Waals surface area contributed by atoms with E-state index >= 15 is 0 Å². The van der Waals surface area contributed by atoms with Crippen molar-refractivity contribution in [2.75, 3.05) is 7.11 Å². The number of carbonyl (C=O) groups excluding carboxylic acids is 2. The van der Waals surface area contributed by atoms with E-state index in [0.717, 1.165) is 38.1 Å². The molecule has 1 fully saturated rings. The number of amides is 2. The summed E-state index contributed by atoms with van der Waals surface area (Å²) in [7, 11) is 1.60. The minimum Gasteiger partial charge on any atom is -0.496 e. The third kappa shape index (κ3) is 3.57. The predicted molar refractivity (Wildman–Crippen MR) is 116 cm³/mol. The van der Waals surface area contributed by atoms with Crippen LogP contribution in [0.3, 0.4) is 0 Å². The van der Waals surface area contributed by atoms with Crippen molar-refractivity contribution in [2.45, 2.75) is 6.54 Å². The zero-order chi connectivity index (χ0) is 19.7. The molecule has 3 aromatic rings. The first-order valence-corrected chi connectivity index (χ1v) is 10.2. The highest BCUT2D eigenvalue weighted by atomic mass is 79.9. The highest BCUT2D eigenvalue weighted by molar-refractivity contribution is 9.10. The summed E-state index contributed by atoms with van der Waals surface area (Å²) in [5.41, 5.74) is 1.78. The Morgan fingerprint density at radius 3 is 2.64 bits per heavy atom. The van der Waals surface area contributed by atoms with Gasteiger partial charge in [0.25, 0.3) is 11.1 Å². The summed E-state index contributed by atoms with van der Waals surface area (Å²) in [5, 5.41) is 1.88. The Labute approximate surface area is 175 Å². The number of methoxy groups -OCH3 is 1. The highest BCUT2D eigenvalue weighted by Gasteiger charge is 2.35. The van der Waals surface area contributed by atoms with E-state index in [4.69, 9.17) is 4.74 Å². The Morgan fingerprint density at radius 2 is 1.86 bits per heavy atom. The van der Waals surface area contributed by atoms with Gasteiger partial charge >= 0.3 is 0 Å². The summed E-state index contributed by atoms with van der Waals surface area (Å²) < 4.78 is 6.02. The molecule has 3 aromatic carbocycles. The number of hydrogen-bond donors (Lipinski definition) is 0. The van der Waals surface area contributed by atoms with E-state index in [9.17, 15) is 9.59 Å². The van der Waals surface area contributed by atoms with Gasteiger partial charge in [-0.25, -0.2) is 0 Å². The number of imide groups is 1. The van der Waals surface area contributed by atoms with E-state index < -0.39 is 0 Å². The molecule has 0 saturated carbocycles. The Balaban J connectivity index is 1.61. The maximum atomic E-state index is 12.8. The van der Waals surface area contributed by atoms with Gasteiger partial charge in [0.1, 0.15) is 5.75 Å². The molecule has 4 nitrogen and oxygen atoms in total. The molecule has 6 heteroatoms. The lowest BCUT2D eigenvalue weighted by Crippen LogP contribution is -2.27. The third-order valence-electron chi connectivity index (χ3n) is 4.56. The fourth-order valence-electron chi connectivity index (χ4n) is 3.16. The van der Waals surface area contributed by atoms with Gasteiger partial charge in [0.05, 0.1) is 23.0 Å². The fourth-order valence-corrected chi connectivity index (χ4v) is 4.56. The summed E-state index contributed by atoms with van der Waals surface area (Å²) in [6.07, 6.45) is 1.73. The van der Waals surface area contributed by atoms with Gasteiger partial charge in [-0.3, -0.25) is 14.5 Å². The minimum atomic E-state index is -0.269. The van der Waals surface area contributed by atoms with Crippen molar-refractivity contribution in [3.8, 4) is 5.75 Å². The molecule has 1 aliphatic heterocycles. The number of hydrogen-bond acceptors (Lipinski definition) is 4. The topological polar surface area (TPSA) is 46.6 Å². The maximum absolute atomic E-state index is 12.8. The Kier molecular flexibility index (Phi) is 5.24. The van der Waals surface area contributed by atoms with Crippen molar-refractivity contribution in [3.05, 3.63) is 81.2 Å². The monoisotopic (exact) mass is 453 g/mol. The maximum Gasteiger partial charge on any atom is 0.293 e. The average Bonchev–Trinajstić information content (AvgIpc) is 2.96. The molecule has 1 saturated heterocycles. The fraction of sp³-hybridized carbons (Fsp3) is 0.0909. The van der Waals surface area contributed by atoms with Crippen LogP contribution in [0.5, 0.6) is 5.75 Å². The number of nitrogens with zero attached hydrogens (tertiary/aromatic N) is 1. The molecule has 0 atom stereocenters. The number of ether oxygens (including phenoxy) is 1. The quantitative estimate of drug-likeness (QED) is 0.465. The lowest BCUT2D eigenvalue weighted by Gasteiger charge is -2.14. The van der Waals surface area contributed by atoms with Crippen molar-refractivity contribution in [2.24, 2.45) is 0 Å². The molecule has 0 radical (unpaired) electrons. The largest absolute Gasteiger partial charge is 0.496 e. The van der Waals surface area contributed by atoms with Gasteiger partial charge in [0.15, 0.2) is 0 Å². The van der Waals surface area contributed by atoms with Gasteiger partial charge in [-0.15, -0.1) is 0 Å². The molecule has 0 bridgehead atoms. The average molecular weight is 454 g/mol. The first-order chi connectivity index (χ1) is 13.6. The van der Waals surface area contributed by atoms with Crippen molar-refractivity contribution >= 4 is 55.7 Å². The van der Waals surface area contributed by atoms with Crippen molar-refractivity contribution in [1.82, 2.24) is 4.90 Å². The summed E-state index contributed by atoms with van der Waals surface area (Å²) in [6.45, 7) is 0.260. The molecule has 0 N–H and O–H groups in total. The van der Waals surface area contributed by atoms with Crippen LogP contribution in [0.1, 0.15) is 11.1 Å². The summed E-state index contributed by atoms with van der Waals surface area (Å²) in [4.78, 5) is 27.1. The molecule has 4 rings (SSSR count). The van der Waals surface area contributed by atoms with Gasteiger partial charge in [0.2, 0.25) is 0 Å². The zero-order valence-electron chi connectivity index (χ0n) is 15.0. The molecular formula is C22H16BrNO3S. The second-order valence-corrected chi connectivity index (χ2v) is 8.15. The molecule has 28 heavy (non-hydrogen) atoms. The molecule has 0 unspecified atom stereocenters. The minimum absolute atomic E-state index is 0.253. The SMILES string of the molecule is COc1ccc(/C=C2/SC(=O)N(Cc3cccc4ccccc34)C2=O)cc1Br. The molecule has 2 amide bonds. The van der Waals surface area contributed by atoms with Crippen LogP contribution in [-0.4, -0.2) is 23.2 Å². The number of thioether (sulfide) groups is 1. The van der Waals surface area contributed by atoms with Crippen LogP contribution in [0.4, 0.5) is 4.79 Å². The zero-order valence-corrected chi connectivity index (χ0v) is 17.4. The van der Waals surface area contributed by atoms with E-state index in [0.29, 0.717) is 10.7 Å². The molecule has 1 heterocycles. The van der Waals surface area contributed by atoms with Gasteiger partial charge in [-0.05, 0) is 67.8 Å². The molecule has 0 aliphatic carbocycles. The molecule has 0 aromatic heterocycles. The smallest absolute Gasteiger partial charge is 0.293 e. The molecule has 0 spiro atoms. The van der Waals surface area contributed by atoms with Crippen LogP contribution in [0, 0.1) is 0 Å². The molecule has 1 aliphatic rings. The molecular weight excluding hydrogens is 438 g/mol. The van der Waals surface area contributed by atoms with Gasteiger partial charge in [-0.1, -0.05) is 48.5 Å². The summed E-state index contributed by atoms with van der Waals surface area (Å²) in [6, 6.07) is 19.4. The van der Waals surface area contributed by atoms with Crippen LogP contribution < -0.4 is 4.74 Å². The Hall–Kier alpha value is -2.57. The lowest BCUT2D eigenvalue weighted by molar-refractivity contribution is -0.123. The van der Waals surface area contributed by atoms with Crippen LogP contribution in [0.25, 0.3) is 16.8 Å². The standard InChI is InChI=1S/C22H16BrNO3S/c1-27-19-10-9-14(11-18(19)23)12-20-21(25)24(22(26)28-20)13-16-7-4-6-15-5-2-3-8-17(15)16/h2-12H,13H2,1H3/b20-12+. The first kappa shape index (κ1) is 18.8. The van der Waals surface area contributed by atoms with Crippen LogP contribution >= 0.6 is 27.7 Å². The second kappa shape index (κ2) is 7.81. The van der Waals surface area contributed by atoms with Gasteiger partial charge < -0.3 is 4.74 Å². The van der Waals surface area contributed by atoms with E-state index in [1.54, 1.807) is 13.2 Å². The number of fused-ring (bicyclic) bond motifs is 1. The van der Waals surface area contributed by atoms with Crippen LogP contribution in [0.2, 0.25) is 0 Å². The van der Waals surface area contributed by atoms with Crippen molar-refractivity contribution in [3.63, 3.8) is 0 Å². The van der Waals surface area contributed by atoms with Crippen LogP contribution in [0.15, 0.2) is 70.0 Å². The van der Waals surface area contributed by atoms with Crippen molar-refractivity contribution in [1.29, 1.82) is 0 Å².